The normalized spacial score (nSPS) is 11.1. The molecule has 0 saturated heterocycles. The summed E-state index contributed by atoms with van der Waals surface area (Å²) in [5, 5.41) is 6.99. The molecule has 0 fully saturated rings. The molecule has 0 radical (unpaired) electrons. The largest absolute Gasteiger partial charge is 0.340 e. The number of amides is 1. The summed E-state index contributed by atoms with van der Waals surface area (Å²) in [7, 11) is 1.81. The average Bonchev–Trinajstić information content (AvgIpc) is 3.13. The summed E-state index contributed by atoms with van der Waals surface area (Å²) in [6, 6.07) is 5.98. The molecule has 120 valence electrons. The van der Waals surface area contributed by atoms with Crippen molar-refractivity contribution in [1.29, 1.82) is 0 Å². The maximum absolute atomic E-state index is 12.2. The lowest BCUT2D eigenvalue weighted by molar-refractivity contribution is -0.127. The van der Waals surface area contributed by atoms with Crippen LogP contribution in [0.2, 0.25) is 0 Å². The monoisotopic (exact) mass is 347 g/mol. The van der Waals surface area contributed by atoms with Gasteiger partial charge in [-0.1, -0.05) is 17.8 Å². The molecule has 1 amide bonds. The molecule has 0 aliphatic carbocycles. The van der Waals surface area contributed by atoms with Crippen LogP contribution in [0.1, 0.15) is 16.3 Å². The fourth-order valence-electron chi connectivity index (χ4n) is 2.17. The molecular weight excluding hydrogens is 330 g/mol. The quantitative estimate of drug-likeness (QED) is 0.664. The van der Waals surface area contributed by atoms with E-state index in [0.29, 0.717) is 23.2 Å². The number of rotatable bonds is 5. The van der Waals surface area contributed by atoms with E-state index in [-0.39, 0.29) is 5.91 Å². The summed E-state index contributed by atoms with van der Waals surface area (Å²) in [6.07, 6.45) is 0. The van der Waals surface area contributed by atoms with Crippen LogP contribution in [-0.4, -0.2) is 43.2 Å². The van der Waals surface area contributed by atoms with Gasteiger partial charge in [-0.15, -0.1) is 16.4 Å². The van der Waals surface area contributed by atoms with Crippen molar-refractivity contribution < 1.29 is 4.79 Å². The van der Waals surface area contributed by atoms with Crippen LogP contribution in [0, 0.1) is 13.8 Å². The van der Waals surface area contributed by atoms with Crippen molar-refractivity contribution in [2.45, 2.75) is 25.5 Å². The molecule has 3 heterocycles. The van der Waals surface area contributed by atoms with Crippen molar-refractivity contribution >= 4 is 34.8 Å². The predicted octanol–water partition coefficient (Wildman–Crippen LogP) is 2.55. The Hall–Kier alpha value is -1.93. The molecule has 3 aromatic rings. The highest BCUT2D eigenvalue weighted by Gasteiger charge is 2.13. The number of fused-ring (bicyclic) bond motifs is 1. The Kier molecular flexibility index (Phi) is 4.63. The van der Waals surface area contributed by atoms with Crippen molar-refractivity contribution in [1.82, 2.24) is 24.5 Å². The van der Waals surface area contributed by atoms with Gasteiger partial charge in [0.25, 0.3) is 5.78 Å². The molecule has 23 heavy (non-hydrogen) atoms. The lowest BCUT2D eigenvalue weighted by atomic mass is 10.4. The Morgan fingerprint density at radius 3 is 2.96 bits per heavy atom. The van der Waals surface area contributed by atoms with Crippen molar-refractivity contribution in [2.75, 3.05) is 12.8 Å². The van der Waals surface area contributed by atoms with Gasteiger partial charge in [-0.25, -0.2) is 9.50 Å². The van der Waals surface area contributed by atoms with Crippen molar-refractivity contribution in [3.63, 3.8) is 0 Å². The Morgan fingerprint density at radius 1 is 1.39 bits per heavy atom. The third-order valence-corrected chi connectivity index (χ3v) is 5.01. The summed E-state index contributed by atoms with van der Waals surface area (Å²) in [4.78, 5) is 23.8. The van der Waals surface area contributed by atoms with Crippen LogP contribution < -0.4 is 0 Å². The van der Waals surface area contributed by atoms with Gasteiger partial charge in [0, 0.05) is 23.3 Å². The molecule has 0 atom stereocenters. The smallest absolute Gasteiger partial charge is 0.253 e. The zero-order chi connectivity index (χ0) is 16.4. The Balaban J connectivity index is 1.63. The first-order chi connectivity index (χ1) is 11.0. The molecule has 8 heteroatoms. The summed E-state index contributed by atoms with van der Waals surface area (Å²) >= 11 is 2.99. The molecule has 0 aromatic carbocycles. The maximum atomic E-state index is 12.2. The van der Waals surface area contributed by atoms with Crippen molar-refractivity contribution in [3.05, 3.63) is 39.8 Å². The number of nitrogens with zero attached hydrogens (tertiary/aromatic N) is 5. The number of thioether (sulfide) groups is 1. The number of hydrogen-bond acceptors (Lipinski definition) is 6. The van der Waals surface area contributed by atoms with Crippen LogP contribution in [0.15, 0.2) is 28.7 Å². The van der Waals surface area contributed by atoms with E-state index in [1.54, 1.807) is 20.8 Å². The van der Waals surface area contributed by atoms with Gasteiger partial charge in [0.2, 0.25) is 11.1 Å². The molecule has 3 aromatic heterocycles. The number of hydrogen-bond donors (Lipinski definition) is 0. The summed E-state index contributed by atoms with van der Waals surface area (Å²) in [6.45, 7) is 4.53. The van der Waals surface area contributed by atoms with Crippen LogP contribution in [0.25, 0.3) is 5.78 Å². The lowest BCUT2D eigenvalue weighted by Gasteiger charge is -2.15. The highest BCUT2D eigenvalue weighted by Crippen LogP contribution is 2.17. The highest BCUT2D eigenvalue weighted by atomic mass is 32.2. The van der Waals surface area contributed by atoms with E-state index in [1.807, 2.05) is 44.5 Å². The lowest BCUT2D eigenvalue weighted by Crippen LogP contribution is -2.27. The molecule has 0 bridgehead atoms. The number of aryl methyl sites for hydroxylation is 2. The van der Waals surface area contributed by atoms with Gasteiger partial charge in [-0.3, -0.25) is 4.79 Å². The van der Waals surface area contributed by atoms with Crippen LogP contribution in [0.5, 0.6) is 0 Å². The fourth-order valence-corrected chi connectivity index (χ4v) is 3.69. The first kappa shape index (κ1) is 15.9. The summed E-state index contributed by atoms with van der Waals surface area (Å²) in [5.74, 6) is 0.948. The molecule has 3 rings (SSSR count). The van der Waals surface area contributed by atoms with Gasteiger partial charge in [0.05, 0.1) is 12.3 Å². The van der Waals surface area contributed by atoms with E-state index in [0.717, 1.165) is 11.4 Å². The van der Waals surface area contributed by atoms with E-state index in [1.165, 1.54) is 16.6 Å². The zero-order valence-corrected chi connectivity index (χ0v) is 14.8. The Morgan fingerprint density at radius 2 is 2.22 bits per heavy atom. The fraction of sp³-hybridized carbons (Fsp3) is 0.333. The van der Waals surface area contributed by atoms with Crippen LogP contribution in [0.3, 0.4) is 0 Å². The molecular formula is C15H17N5OS2. The second-order valence-corrected chi connectivity index (χ2v) is 7.24. The highest BCUT2D eigenvalue weighted by molar-refractivity contribution is 7.99. The van der Waals surface area contributed by atoms with Gasteiger partial charge in [-0.2, -0.15) is 4.98 Å². The third kappa shape index (κ3) is 3.70. The Labute approximate surface area is 142 Å². The minimum absolute atomic E-state index is 0.0584. The molecule has 0 saturated carbocycles. The van der Waals surface area contributed by atoms with E-state index in [2.05, 4.69) is 15.1 Å². The number of carbonyl (C=O) groups is 1. The average molecular weight is 347 g/mol. The van der Waals surface area contributed by atoms with Gasteiger partial charge < -0.3 is 4.90 Å². The first-order valence-electron chi connectivity index (χ1n) is 7.13. The van der Waals surface area contributed by atoms with Crippen LogP contribution >= 0.6 is 23.1 Å². The first-order valence-corrected chi connectivity index (χ1v) is 8.99. The predicted molar refractivity (Wildman–Crippen MR) is 91.8 cm³/mol. The zero-order valence-electron chi connectivity index (χ0n) is 13.2. The van der Waals surface area contributed by atoms with Crippen LogP contribution in [0.4, 0.5) is 0 Å². The number of thiophene rings is 1. The van der Waals surface area contributed by atoms with E-state index < -0.39 is 0 Å². The maximum Gasteiger partial charge on any atom is 0.253 e. The van der Waals surface area contributed by atoms with E-state index >= 15 is 0 Å². The number of carbonyl (C=O) groups excluding carboxylic acids is 1. The van der Waals surface area contributed by atoms with E-state index in [4.69, 9.17) is 0 Å². The van der Waals surface area contributed by atoms with Gasteiger partial charge in [-0.05, 0) is 31.4 Å². The molecule has 0 spiro atoms. The molecule has 6 nitrogen and oxygen atoms in total. The standard InChI is InChI=1S/C15H17N5OS2/c1-10-7-11(2)20-14(16-10)17-15(18-20)23-9-13(21)19(3)8-12-5-4-6-22-12/h4-7H,8-9H2,1-3H3. The van der Waals surface area contributed by atoms with Gasteiger partial charge in [0.15, 0.2) is 0 Å². The van der Waals surface area contributed by atoms with Crippen molar-refractivity contribution in [3.8, 4) is 0 Å². The SMILES string of the molecule is Cc1cc(C)n2nc(SCC(=O)N(C)Cc3cccs3)nc2n1. The Bertz CT molecular complexity index is 828. The molecule has 0 aliphatic heterocycles. The summed E-state index contributed by atoms with van der Waals surface area (Å²) < 4.78 is 1.70. The second-order valence-electron chi connectivity index (χ2n) is 5.26. The summed E-state index contributed by atoms with van der Waals surface area (Å²) in [5.41, 5.74) is 1.89. The molecule has 0 N–H and O–H groups in total. The minimum atomic E-state index is 0.0584. The number of aromatic nitrogens is 4. The molecule has 0 unspecified atom stereocenters. The van der Waals surface area contributed by atoms with Crippen LogP contribution in [-0.2, 0) is 11.3 Å². The van der Waals surface area contributed by atoms with Gasteiger partial charge >= 0.3 is 0 Å². The molecule has 0 aliphatic rings. The van der Waals surface area contributed by atoms with Crippen molar-refractivity contribution in [2.24, 2.45) is 0 Å². The third-order valence-electron chi connectivity index (χ3n) is 3.32. The second kappa shape index (κ2) is 6.67. The minimum Gasteiger partial charge on any atom is -0.340 e. The van der Waals surface area contributed by atoms with Gasteiger partial charge in [0.1, 0.15) is 0 Å². The van der Waals surface area contributed by atoms with E-state index in [9.17, 15) is 4.79 Å². The topological polar surface area (TPSA) is 63.4 Å².